The first-order valence-corrected chi connectivity index (χ1v) is 5.99. The van der Waals surface area contributed by atoms with E-state index >= 15 is 0 Å². The molecule has 0 radical (unpaired) electrons. The largest absolute Gasteiger partial charge is 0.384 e. The molecular weight excluding hydrogens is 186 g/mol. The Labute approximate surface area is 91.7 Å². The Bertz CT molecular complexity index is 350. The van der Waals surface area contributed by atoms with Gasteiger partial charge in [0, 0.05) is 12.0 Å². The lowest BCUT2D eigenvalue weighted by atomic mass is 10.0. The lowest BCUT2D eigenvalue weighted by molar-refractivity contribution is 0.651. The molecule has 3 heteroatoms. The van der Waals surface area contributed by atoms with Crippen molar-refractivity contribution >= 4 is 5.82 Å². The van der Waals surface area contributed by atoms with Gasteiger partial charge in [-0.3, -0.25) is 0 Å². The van der Waals surface area contributed by atoms with Crippen LogP contribution in [0.4, 0.5) is 5.82 Å². The van der Waals surface area contributed by atoms with Gasteiger partial charge in [-0.05, 0) is 26.2 Å². The summed E-state index contributed by atoms with van der Waals surface area (Å²) in [5.74, 6) is 2.50. The smallest absolute Gasteiger partial charge is 0.127 e. The molecule has 1 aromatic rings. The van der Waals surface area contributed by atoms with Crippen LogP contribution in [0.25, 0.3) is 0 Å². The topological polar surface area (TPSA) is 43.8 Å². The zero-order valence-corrected chi connectivity index (χ0v) is 9.95. The fourth-order valence-electron chi connectivity index (χ4n) is 2.31. The van der Waals surface area contributed by atoms with Gasteiger partial charge in [0.1, 0.15) is 11.6 Å². The van der Waals surface area contributed by atoms with Crippen LogP contribution in [0, 0.1) is 6.92 Å². The predicted molar refractivity (Wildman–Crippen MR) is 63.0 cm³/mol. The fraction of sp³-hybridized carbons (Fsp3) is 0.750. The molecule has 2 N–H and O–H groups in total. The number of aryl methyl sites for hydroxylation is 1. The highest BCUT2D eigenvalue weighted by Crippen LogP contribution is 2.40. The lowest BCUT2D eigenvalue weighted by Crippen LogP contribution is -2.04. The van der Waals surface area contributed by atoms with Gasteiger partial charge in [-0.25, -0.2) is 4.98 Å². The van der Waals surface area contributed by atoms with Gasteiger partial charge < -0.3 is 10.3 Å². The molecule has 1 heterocycles. The van der Waals surface area contributed by atoms with E-state index in [2.05, 4.69) is 30.3 Å². The second kappa shape index (κ2) is 3.87. The van der Waals surface area contributed by atoms with Crippen LogP contribution < -0.4 is 5.73 Å². The Morgan fingerprint density at radius 3 is 2.73 bits per heavy atom. The number of hydrogen-bond acceptors (Lipinski definition) is 2. The summed E-state index contributed by atoms with van der Waals surface area (Å²) in [6, 6.07) is 0.639. The maximum absolute atomic E-state index is 6.18. The Morgan fingerprint density at radius 1 is 1.53 bits per heavy atom. The Kier molecular flexibility index (Phi) is 2.72. The molecule has 0 amide bonds. The third kappa shape index (κ3) is 1.87. The number of anilines is 1. The minimum atomic E-state index is 0.494. The molecule has 1 aliphatic rings. The van der Waals surface area contributed by atoms with Gasteiger partial charge in [0.15, 0.2) is 0 Å². The molecule has 15 heavy (non-hydrogen) atoms. The van der Waals surface area contributed by atoms with Crippen LogP contribution in [0.3, 0.4) is 0 Å². The highest BCUT2D eigenvalue weighted by Gasteiger charge is 2.29. The highest BCUT2D eigenvalue weighted by atomic mass is 15.2. The summed E-state index contributed by atoms with van der Waals surface area (Å²) in [7, 11) is 0. The number of hydrogen-bond donors (Lipinski definition) is 1. The van der Waals surface area contributed by atoms with Crippen molar-refractivity contribution in [1.29, 1.82) is 0 Å². The molecule has 1 fully saturated rings. The molecule has 0 bridgehead atoms. The Balaban J connectivity index is 2.28. The summed E-state index contributed by atoms with van der Waals surface area (Å²) >= 11 is 0. The summed E-state index contributed by atoms with van der Waals surface area (Å²) < 4.78 is 2.22. The molecule has 0 spiro atoms. The van der Waals surface area contributed by atoms with Crippen molar-refractivity contribution in [3.63, 3.8) is 0 Å². The van der Waals surface area contributed by atoms with Crippen LogP contribution >= 0.6 is 0 Å². The first kappa shape index (κ1) is 10.5. The van der Waals surface area contributed by atoms with Crippen molar-refractivity contribution < 1.29 is 0 Å². The van der Waals surface area contributed by atoms with Gasteiger partial charge in [-0.1, -0.05) is 20.3 Å². The molecule has 0 aromatic carbocycles. The third-order valence-electron chi connectivity index (χ3n) is 3.25. The van der Waals surface area contributed by atoms with E-state index < -0.39 is 0 Å². The maximum Gasteiger partial charge on any atom is 0.127 e. The van der Waals surface area contributed by atoms with Crippen LogP contribution in [0.15, 0.2) is 0 Å². The summed E-state index contributed by atoms with van der Waals surface area (Å²) in [5, 5.41) is 0. The van der Waals surface area contributed by atoms with Crippen LogP contribution in [-0.4, -0.2) is 9.55 Å². The molecule has 84 valence electrons. The standard InChI is InChI=1S/C12H21N3/c1-4-5-8(2)11-12(13)15(9(3)14-11)10-6-7-10/h8,10H,4-7,13H2,1-3H3. The summed E-state index contributed by atoms with van der Waals surface area (Å²) in [6.07, 6.45) is 4.90. The first-order chi connectivity index (χ1) is 7.15. The van der Waals surface area contributed by atoms with Gasteiger partial charge in [-0.2, -0.15) is 0 Å². The molecular formula is C12H21N3. The zero-order chi connectivity index (χ0) is 11.0. The van der Waals surface area contributed by atoms with E-state index in [9.17, 15) is 0 Å². The second-order valence-electron chi connectivity index (χ2n) is 4.72. The molecule has 0 aliphatic heterocycles. The van der Waals surface area contributed by atoms with E-state index in [-0.39, 0.29) is 0 Å². The van der Waals surface area contributed by atoms with E-state index in [4.69, 9.17) is 5.73 Å². The van der Waals surface area contributed by atoms with Crippen LogP contribution in [0.5, 0.6) is 0 Å². The number of rotatable bonds is 4. The second-order valence-corrected chi connectivity index (χ2v) is 4.72. The number of aromatic nitrogens is 2. The minimum absolute atomic E-state index is 0.494. The lowest BCUT2D eigenvalue weighted by Gasteiger charge is -2.09. The van der Waals surface area contributed by atoms with E-state index in [1.54, 1.807) is 0 Å². The number of nitrogen functional groups attached to an aromatic ring is 1. The minimum Gasteiger partial charge on any atom is -0.384 e. The number of imidazole rings is 1. The third-order valence-corrected chi connectivity index (χ3v) is 3.25. The SMILES string of the molecule is CCCC(C)c1nc(C)n(C2CC2)c1N. The summed E-state index contributed by atoms with van der Waals surface area (Å²) in [4.78, 5) is 4.63. The average molecular weight is 207 g/mol. The normalized spacial score (nSPS) is 18.1. The van der Waals surface area contributed by atoms with E-state index in [1.165, 1.54) is 25.7 Å². The molecule has 1 aromatic heterocycles. The van der Waals surface area contributed by atoms with Crippen molar-refractivity contribution in [3.05, 3.63) is 11.5 Å². The summed E-state index contributed by atoms with van der Waals surface area (Å²) in [5.41, 5.74) is 7.29. The van der Waals surface area contributed by atoms with Gasteiger partial charge >= 0.3 is 0 Å². The Hall–Kier alpha value is -0.990. The average Bonchev–Trinajstić information content (AvgIpc) is 2.95. The van der Waals surface area contributed by atoms with Crippen LogP contribution in [-0.2, 0) is 0 Å². The van der Waals surface area contributed by atoms with Gasteiger partial charge in [-0.15, -0.1) is 0 Å². The fourth-order valence-corrected chi connectivity index (χ4v) is 2.31. The van der Waals surface area contributed by atoms with Crippen LogP contribution in [0.1, 0.15) is 63.0 Å². The number of nitrogens with zero attached hydrogens (tertiary/aromatic N) is 2. The zero-order valence-electron chi connectivity index (χ0n) is 9.95. The van der Waals surface area contributed by atoms with Crippen molar-refractivity contribution in [2.24, 2.45) is 0 Å². The van der Waals surface area contributed by atoms with Crippen molar-refractivity contribution in [2.45, 2.75) is 58.4 Å². The number of nitrogens with two attached hydrogens (primary N) is 1. The van der Waals surface area contributed by atoms with E-state index in [0.29, 0.717) is 12.0 Å². The molecule has 1 saturated carbocycles. The van der Waals surface area contributed by atoms with Crippen molar-refractivity contribution in [3.8, 4) is 0 Å². The Morgan fingerprint density at radius 2 is 2.20 bits per heavy atom. The highest BCUT2D eigenvalue weighted by molar-refractivity contribution is 5.41. The van der Waals surface area contributed by atoms with Crippen molar-refractivity contribution in [1.82, 2.24) is 9.55 Å². The van der Waals surface area contributed by atoms with Gasteiger partial charge in [0.2, 0.25) is 0 Å². The van der Waals surface area contributed by atoms with Gasteiger partial charge in [0.25, 0.3) is 0 Å². The van der Waals surface area contributed by atoms with Crippen molar-refractivity contribution in [2.75, 3.05) is 5.73 Å². The monoisotopic (exact) mass is 207 g/mol. The molecule has 1 atom stereocenters. The quantitative estimate of drug-likeness (QED) is 0.824. The summed E-state index contributed by atoms with van der Waals surface area (Å²) in [6.45, 7) is 6.49. The molecule has 3 nitrogen and oxygen atoms in total. The van der Waals surface area contributed by atoms with Gasteiger partial charge in [0.05, 0.1) is 5.69 Å². The predicted octanol–water partition coefficient (Wildman–Crippen LogP) is 3.01. The molecule has 0 saturated heterocycles. The van der Waals surface area contributed by atoms with Crippen LogP contribution in [0.2, 0.25) is 0 Å². The molecule has 1 unspecified atom stereocenters. The molecule has 1 aliphatic carbocycles. The van der Waals surface area contributed by atoms with E-state index in [1.807, 2.05) is 0 Å². The van der Waals surface area contributed by atoms with E-state index in [0.717, 1.165) is 17.3 Å². The molecule has 2 rings (SSSR count). The maximum atomic E-state index is 6.18. The first-order valence-electron chi connectivity index (χ1n) is 5.99.